The molecule has 0 aliphatic rings. The van der Waals surface area contributed by atoms with Crippen molar-refractivity contribution in [2.45, 2.75) is 6.92 Å². The van der Waals surface area contributed by atoms with Crippen LogP contribution in [0.5, 0.6) is 11.6 Å². The Bertz CT molecular complexity index is 757. The number of hydrogen-bond donors (Lipinski definition) is 0. The minimum atomic E-state index is 0.430. The highest BCUT2D eigenvalue weighted by Gasteiger charge is 2.08. The first-order valence-electron chi connectivity index (χ1n) is 5.44. The number of fused-ring (bicyclic) bond motifs is 1. The molecule has 0 saturated carbocycles. The first-order valence-corrected chi connectivity index (χ1v) is 6.19. The Morgan fingerprint density at radius 3 is 2.79 bits per heavy atom. The minimum absolute atomic E-state index is 0.430. The van der Waals surface area contributed by atoms with Crippen molar-refractivity contribution in [3.63, 3.8) is 0 Å². The van der Waals surface area contributed by atoms with Crippen LogP contribution in [0.2, 0.25) is 10.0 Å². The summed E-state index contributed by atoms with van der Waals surface area (Å²) in [5, 5.41) is 4.96. The summed E-state index contributed by atoms with van der Waals surface area (Å²) in [5.74, 6) is 1.56. The molecule has 0 unspecified atom stereocenters. The van der Waals surface area contributed by atoms with Gasteiger partial charge in [-0.25, -0.2) is 4.98 Å². The van der Waals surface area contributed by atoms with Gasteiger partial charge in [0.05, 0.1) is 10.0 Å². The molecule has 2 heterocycles. The molecule has 0 radical (unpaired) electrons. The fourth-order valence-electron chi connectivity index (χ4n) is 1.63. The van der Waals surface area contributed by atoms with Crippen LogP contribution in [0, 0.1) is 6.92 Å². The summed E-state index contributed by atoms with van der Waals surface area (Å²) < 4.78 is 7.25. The monoisotopic (exact) mass is 294 g/mol. The molecule has 1 aromatic carbocycles. The van der Waals surface area contributed by atoms with Crippen LogP contribution in [0.4, 0.5) is 0 Å². The van der Waals surface area contributed by atoms with Crippen molar-refractivity contribution in [2.75, 3.05) is 0 Å². The normalized spacial score (nSPS) is 10.9. The lowest BCUT2D eigenvalue weighted by Crippen LogP contribution is -1.99. The number of halogens is 2. The molecular weight excluding hydrogens is 287 g/mol. The van der Waals surface area contributed by atoms with Gasteiger partial charge in [-0.3, -0.25) is 0 Å². The molecule has 3 rings (SSSR count). The molecule has 2 aromatic heterocycles. The van der Waals surface area contributed by atoms with Gasteiger partial charge in [-0.1, -0.05) is 23.2 Å². The van der Waals surface area contributed by atoms with Crippen molar-refractivity contribution in [3.8, 4) is 11.6 Å². The van der Waals surface area contributed by atoms with E-state index in [0.717, 1.165) is 5.69 Å². The Kier molecular flexibility index (Phi) is 3.00. The lowest BCUT2D eigenvalue weighted by atomic mass is 10.3. The Labute approximate surface area is 118 Å². The van der Waals surface area contributed by atoms with Crippen LogP contribution in [0.25, 0.3) is 5.78 Å². The Balaban J connectivity index is 2.04. The molecular formula is C12H8Cl2N4O. The number of hydrogen-bond acceptors (Lipinski definition) is 4. The van der Waals surface area contributed by atoms with E-state index in [1.54, 1.807) is 24.3 Å². The number of nitrogens with zero attached hydrogens (tertiary/aromatic N) is 4. The van der Waals surface area contributed by atoms with Crippen molar-refractivity contribution in [3.05, 3.63) is 46.3 Å². The Morgan fingerprint density at radius 1 is 1.16 bits per heavy atom. The van der Waals surface area contributed by atoms with Crippen LogP contribution in [0.15, 0.2) is 30.6 Å². The smallest absolute Gasteiger partial charge is 0.255 e. The second-order valence-corrected chi connectivity index (χ2v) is 4.70. The predicted octanol–water partition coefficient (Wildman–Crippen LogP) is 3.53. The van der Waals surface area contributed by atoms with Gasteiger partial charge in [-0.15, -0.1) is 0 Å². The summed E-state index contributed by atoms with van der Waals surface area (Å²) in [6.45, 7) is 1.86. The van der Waals surface area contributed by atoms with Crippen LogP contribution >= 0.6 is 23.2 Å². The van der Waals surface area contributed by atoms with Crippen molar-refractivity contribution in [1.29, 1.82) is 0 Å². The van der Waals surface area contributed by atoms with Gasteiger partial charge in [0.15, 0.2) is 0 Å². The quantitative estimate of drug-likeness (QED) is 0.725. The number of ether oxygens (including phenoxy) is 1. The molecule has 0 atom stereocenters. The van der Waals surface area contributed by atoms with Gasteiger partial charge in [0.1, 0.15) is 12.1 Å². The zero-order valence-corrected chi connectivity index (χ0v) is 11.4. The summed E-state index contributed by atoms with van der Waals surface area (Å²) in [4.78, 5) is 8.26. The maximum atomic E-state index is 5.95. The van der Waals surface area contributed by atoms with Crippen molar-refractivity contribution < 1.29 is 4.74 Å². The van der Waals surface area contributed by atoms with E-state index in [1.165, 1.54) is 10.8 Å². The topological polar surface area (TPSA) is 52.3 Å². The minimum Gasteiger partial charge on any atom is -0.439 e. The molecule has 0 bridgehead atoms. The highest BCUT2D eigenvalue weighted by atomic mass is 35.5. The first-order chi connectivity index (χ1) is 9.13. The highest BCUT2D eigenvalue weighted by molar-refractivity contribution is 6.42. The molecule has 96 valence electrons. The summed E-state index contributed by atoms with van der Waals surface area (Å²) in [6.07, 6.45) is 1.42. The fourth-order valence-corrected chi connectivity index (χ4v) is 1.92. The van der Waals surface area contributed by atoms with Gasteiger partial charge < -0.3 is 4.74 Å². The van der Waals surface area contributed by atoms with Crippen LogP contribution in [-0.4, -0.2) is 19.6 Å². The van der Waals surface area contributed by atoms with Crippen LogP contribution in [-0.2, 0) is 0 Å². The number of aromatic nitrogens is 4. The van der Waals surface area contributed by atoms with E-state index < -0.39 is 0 Å². The van der Waals surface area contributed by atoms with Crippen molar-refractivity contribution in [2.24, 2.45) is 0 Å². The zero-order chi connectivity index (χ0) is 13.4. The van der Waals surface area contributed by atoms with E-state index in [0.29, 0.717) is 27.5 Å². The lowest BCUT2D eigenvalue weighted by Gasteiger charge is -2.08. The third kappa shape index (κ3) is 2.34. The Hall–Kier alpha value is -1.85. The molecule has 0 aliphatic carbocycles. The summed E-state index contributed by atoms with van der Waals surface area (Å²) in [7, 11) is 0. The van der Waals surface area contributed by atoms with Crippen LogP contribution < -0.4 is 4.74 Å². The first kappa shape index (κ1) is 12.2. The van der Waals surface area contributed by atoms with Gasteiger partial charge in [0.2, 0.25) is 5.88 Å². The molecule has 19 heavy (non-hydrogen) atoms. The number of rotatable bonds is 2. The molecule has 3 aromatic rings. The summed E-state index contributed by atoms with van der Waals surface area (Å²) in [5.41, 5.74) is 0.788. The van der Waals surface area contributed by atoms with E-state index >= 15 is 0 Å². The highest BCUT2D eigenvalue weighted by Crippen LogP contribution is 2.29. The van der Waals surface area contributed by atoms with E-state index in [2.05, 4.69) is 15.1 Å². The SMILES string of the molecule is Cc1cc(Oc2ccc(Cl)c(Cl)c2)n2ncnc2n1. The van der Waals surface area contributed by atoms with Gasteiger partial charge in [-0.2, -0.15) is 14.6 Å². The predicted molar refractivity (Wildman–Crippen MR) is 72.1 cm³/mol. The second kappa shape index (κ2) is 4.68. The zero-order valence-electron chi connectivity index (χ0n) is 9.84. The fraction of sp³-hybridized carbons (Fsp3) is 0.0833. The summed E-state index contributed by atoms with van der Waals surface area (Å²) in [6, 6.07) is 6.81. The molecule has 0 saturated heterocycles. The molecule has 0 fully saturated rings. The molecule has 5 nitrogen and oxygen atoms in total. The van der Waals surface area contributed by atoms with Crippen molar-refractivity contribution >= 4 is 29.0 Å². The molecule has 0 amide bonds. The molecule has 0 N–H and O–H groups in total. The average molecular weight is 295 g/mol. The number of benzene rings is 1. The Morgan fingerprint density at radius 2 is 2.00 bits per heavy atom. The largest absolute Gasteiger partial charge is 0.439 e. The van der Waals surface area contributed by atoms with Gasteiger partial charge in [0.25, 0.3) is 5.78 Å². The third-order valence-corrected chi connectivity index (χ3v) is 3.20. The van der Waals surface area contributed by atoms with Crippen molar-refractivity contribution in [1.82, 2.24) is 19.6 Å². The molecule has 0 spiro atoms. The molecule has 7 heteroatoms. The summed E-state index contributed by atoms with van der Waals surface area (Å²) >= 11 is 11.8. The maximum Gasteiger partial charge on any atom is 0.255 e. The third-order valence-electron chi connectivity index (χ3n) is 2.46. The van der Waals surface area contributed by atoms with E-state index in [-0.39, 0.29) is 0 Å². The van der Waals surface area contributed by atoms with E-state index in [9.17, 15) is 0 Å². The van der Waals surface area contributed by atoms with E-state index in [1.807, 2.05) is 6.92 Å². The maximum absolute atomic E-state index is 5.95. The van der Waals surface area contributed by atoms with Gasteiger partial charge >= 0.3 is 0 Å². The van der Waals surface area contributed by atoms with Crippen LogP contribution in [0.3, 0.4) is 0 Å². The standard InChI is InChI=1S/C12H8Cl2N4O/c1-7-4-11(18-12(17-7)15-6-16-18)19-8-2-3-9(13)10(14)5-8/h2-6H,1H3. The molecule has 0 aliphatic heterocycles. The van der Waals surface area contributed by atoms with Gasteiger partial charge in [-0.05, 0) is 19.1 Å². The van der Waals surface area contributed by atoms with Gasteiger partial charge in [0, 0.05) is 17.8 Å². The van der Waals surface area contributed by atoms with E-state index in [4.69, 9.17) is 27.9 Å². The second-order valence-electron chi connectivity index (χ2n) is 3.89. The average Bonchev–Trinajstić information content (AvgIpc) is 2.82. The van der Waals surface area contributed by atoms with Crippen LogP contribution in [0.1, 0.15) is 5.69 Å². The lowest BCUT2D eigenvalue weighted by molar-refractivity contribution is 0.445. The number of aryl methyl sites for hydroxylation is 1.